The zero-order valence-electron chi connectivity index (χ0n) is 12.4. The van der Waals surface area contributed by atoms with E-state index in [1.54, 1.807) is 36.4 Å². The first-order chi connectivity index (χ1) is 11.6. The Hall–Kier alpha value is -3.12. The molecule has 4 rings (SSSR count). The molecule has 0 saturated carbocycles. The summed E-state index contributed by atoms with van der Waals surface area (Å²) in [5, 5.41) is 0.971. The van der Waals surface area contributed by atoms with E-state index in [4.69, 9.17) is 11.8 Å². The van der Waals surface area contributed by atoms with E-state index in [1.165, 1.54) is 4.68 Å². The van der Waals surface area contributed by atoms with Gasteiger partial charge in [-0.3, -0.25) is 9.59 Å². The molecule has 0 saturated heterocycles. The van der Waals surface area contributed by atoms with Crippen molar-refractivity contribution in [3.8, 4) is 0 Å². The Kier molecular flexibility index (Phi) is 3.14. The molecule has 4 aromatic rings. The number of aromatic nitrogens is 2. The van der Waals surface area contributed by atoms with Crippen molar-refractivity contribution in [3.63, 3.8) is 0 Å². The standard InChI is InChI=1S/C17H11ClN4O2/c1-22(21-18)9-6-7-13-11(8-9)17(24)15-14(20-13)16(23)10-4-2-3-5-12(10)19-15/h2-8,21H,1H2,(H-,19,20,23,24)/p+1. The van der Waals surface area contributed by atoms with Crippen LogP contribution in [0, 0.1) is 0 Å². The summed E-state index contributed by atoms with van der Waals surface area (Å²) in [6.07, 6.45) is 0. The highest BCUT2D eigenvalue weighted by atomic mass is 35.5. The Morgan fingerprint density at radius 2 is 1.54 bits per heavy atom. The molecule has 0 aliphatic rings. The largest absolute Gasteiger partial charge is 0.350 e. The number of aromatic amines is 2. The number of hydrogen-bond acceptors (Lipinski definition) is 3. The number of benzene rings is 2. The van der Waals surface area contributed by atoms with Crippen LogP contribution < -0.4 is 15.8 Å². The van der Waals surface area contributed by atoms with Gasteiger partial charge in [0.2, 0.25) is 16.5 Å². The van der Waals surface area contributed by atoms with Crippen LogP contribution >= 0.6 is 11.8 Å². The molecule has 118 valence electrons. The van der Waals surface area contributed by atoms with Crippen molar-refractivity contribution in [2.45, 2.75) is 0 Å². The molecule has 0 bridgehead atoms. The van der Waals surface area contributed by atoms with E-state index in [0.717, 1.165) is 0 Å². The van der Waals surface area contributed by atoms with Gasteiger partial charge in [-0.2, -0.15) is 0 Å². The Morgan fingerprint density at radius 3 is 2.25 bits per heavy atom. The van der Waals surface area contributed by atoms with Crippen molar-refractivity contribution in [3.05, 3.63) is 62.9 Å². The predicted molar refractivity (Wildman–Crippen MR) is 96.2 cm³/mol. The van der Waals surface area contributed by atoms with Crippen molar-refractivity contribution in [1.82, 2.24) is 14.9 Å². The highest BCUT2D eigenvalue weighted by Gasteiger charge is 2.14. The lowest BCUT2D eigenvalue weighted by Gasteiger charge is -2.05. The van der Waals surface area contributed by atoms with Crippen LogP contribution in [-0.2, 0) is 0 Å². The molecule has 0 fully saturated rings. The van der Waals surface area contributed by atoms with Gasteiger partial charge in [0.1, 0.15) is 11.0 Å². The number of fused-ring (bicyclic) bond motifs is 3. The fourth-order valence-corrected chi connectivity index (χ4v) is 2.94. The molecule has 0 aliphatic carbocycles. The lowest BCUT2D eigenvalue weighted by atomic mass is 10.1. The van der Waals surface area contributed by atoms with Gasteiger partial charge in [0.25, 0.3) is 0 Å². The molecule has 2 aromatic heterocycles. The molecule has 3 N–H and O–H groups in total. The van der Waals surface area contributed by atoms with Gasteiger partial charge in [-0.1, -0.05) is 21.8 Å². The molecule has 6 nitrogen and oxygen atoms in total. The Bertz CT molecular complexity index is 1260. The third kappa shape index (κ3) is 2.00. The van der Waals surface area contributed by atoms with Gasteiger partial charge >= 0.3 is 0 Å². The number of hydrogen-bond donors (Lipinski definition) is 3. The van der Waals surface area contributed by atoms with Crippen molar-refractivity contribution >= 4 is 57.0 Å². The lowest BCUT2D eigenvalue weighted by Crippen LogP contribution is -2.15. The molecule has 0 aliphatic heterocycles. The molecule has 0 spiro atoms. The summed E-state index contributed by atoms with van der Waals surface area (Å²) in [5.41, 5.74) is 1.86. The van der Waals surface area contributed by atoms with Crippen LogP contribution in [0.5, 0.6) is 0 Å². The molecular formula is C17H12ClN4O2+. The van der Waals surface area contributed by atoms with Gasteiger partial charge in [0.15, 0.2) is 6.72 Å². The van der Waals surface area contributed by atoms with Crippen LogP contribution in [0.4, 0.5) is 5.69 Å². The van der Waals surface area contributed by atoms with E-state index < -0.39 is 0 Å². The molecule has 0 radical (unpaired) electrons. The predicted octanol–water partition coefficient (Wildman–Crippen LogP) is 2.53. The quantitative estimate of drug-likeness (QED) is 0.173. The number of H-pyrrole nitrogens is 2. The summed E-state index contributed by atoms with van der Waals surface area (Å²) < 4.78 is 1.33. The molecule has 7 heteroatoms. The van der Waals surface area contributed by atoms with Crippen molar-refractivity contribution in [2.75, 3.05) is 0 Å². The Labute approximate surface area is 140 Å². The minimum Gasteiger partial charge on any atom is -0.350 e. The van der Waals surface area contributed by atoms with Crippen molar-refractivity contribution in [1.29, 1.82) is 0 Å². The first kappa shape index (κ1) is 14.5. The van der Waals surface area contributed by atoms with Crippen LogP contribution in [0.15, 0.2) is 52.1 Å². The van der Waals surface area contributed by atoms with Gasteiger partial charge in [-0.05, 0) is 18.2 Å². The number of hydrazine groups is 1. The summed E-state index contributed by atoms with van der Waals surface area (Å²) in [6, 6.07) is 12.2. The van der Waals surface area contributed by atoms with Crippen molar-refractivity contribution in [2.24, 2.45) is 0 Å². The normalized spacial score (nSPS) is 11.2. The zero-order valence-corrected chi connectivity index (χ0v) is 13.1. The van der Waals surface area contributed by atoms with E-state index in [-0.39, 0.29) is 21.9 Å². The van der Waals surface area contributed by atoms with Gasteiger partial charge in [-0.15, -0.1) is 0 Å². The number of nitrogens with one attached hydrogen (secondary N) is 3. The third-order valence-corrected chi connectivity index (χ3v) is 4.26. The number of halogens is 1. The van der Waals surface area contributed by atoms with Gasteiger partial charge in [-0.25, -0.2) is 0 Å². The minimum atomic E-state index is -0.258. The van der Waals surface area contributed by atoms with Crippen LogP contribution in [0.2, 0.25) is 0 Å². The maximum atomic E-state index is 12.9. The summed E-state index contributed by atoms with van der Waals surface area (Å²) in [6.45, 7) is 3.70. The highest BCUT2D eigenvalue weighted by Crippen LogP contribution is 2.19. The first-order valence-electron chi connectivity index (χ1n) is 7.18. The topological polar surface area (TPSA) is 80.8 Å². The lowest BCUT2D eigenvalue weighted by molar-refractivity contribution is -0.472. The highest BCUT2D eigenvalue weighted by molar-refractivity contribution is 6.12. The summed E-state index contributed by atoms with van der Waals surface area (Å²) in [7, 11) is 0. The molecular weight excluding hydrogens is 328 g/mol. The van der Waals surface area contributed by atoms with E-state index in [2.05, 4.69) is 21.6 Å². The maximum Gasteiger partial charge on any atom is 0.236 e. The molecule has 2 aromatic carbocycles. The van der Waals surface area contributed by atoms with Crippen LogP contribution in [0.3, 0.4) is 0 Å². The molecule has 2 heterocycles. The molecule has 0 unspecified atom stereocenters. The number of hydrazone groups is 1. The van der Waals surface area contributed by atoms with E-state index in [1.807, 2.05) is 6.07 Å². The molecule has 0 amide bonds. The van der Waals surface area contributed by atoms with Crippen LogP contribution in [0.1, 0.15) is 0 Å². The van der Waals surface area contributed by atoms with Gasteiger partial charge < -0.3 is 9.97 Å². The first-order valence-corrected chi connectivity index (χ1v) is 7.55. The van der Waals surface area contributed by atoms with Gasteiger partial charge in [0, 0.05) is 23.0 Å². The third-order valence-electron chi connectivity index (χ3n) is 4.06. The van der Waals surface area contributed by atoms with Crippen LogP contribution in [0.25, 0.3) is 32.8 Å². The SMILES string of the molecule is C=[N+](NCl)c1ccc2[nH]c3c(=O)c4ccccc4[nH]c3c(=O)c2c1. The Morgan fingerprint density at radius 1 is 0.917 bits per heavy atom. The average Bonchev–Trinajstić information content (AvgIpc) is 2.62. The summed E-state index contributed by atoms with van der Waals surface area (Å²) in [4.78, 5) is 34.0. The summed E-state index contributed by atoms with van der Waals surface area (Å²) in [5.74, 6) is 0. The number of nitrogens with zero attached hydrogens (tertiary/aromatic N) is 1. The smallest absolute Gasteiger partial charge is 0.236 e. The number of pyridine rings is 2. The summed E-state index contributed by atoms with van der Waals surface area (Å²) >= 11 is 5.54. The Balaban J connectivity index is 2.18. The van der Waals surface area contributed by atoms with E-state index in [9.17, 15) is 9.59 Å². The van der Waals surface area contributed by atoms with E-state index in [0.29, 0.717) is 27.5 Å². The zero-order chi connectivity index (χ0) is 16.8. The number of rotatable bonds is 2. The fraction of sp³-hybridized carbons (Fsp3) is 0. The van der Waals surface area contributed by atoms with Crippen molar-refractivity contribution < 1.29 is 4.68 Å². The van der Waals surface area contributed by atoms with Gasteiger partial charge in [0.05, 0.1) is 22.7 Å². The second-order valence-electron chi connectivity index (χ2n) is 5.45. The fourth-order valence-electron chi connectivity index (χ4n) is 2.84. The maximum absolute atomic E-state index is 12.9. The minimum absolute atomic E-state index is 0.205. The monoisotopic (exact) mass is 339 g/mol. The average molecular weight is 340 g/mol. The second kappa shape index (κ2) is 5.21. The molecule has 0 atom stereocenters. The molecule has 24 heavy (non-hydrogen) atoms. The van der Waals surface area contributed by atoms with Crippen LogP contribution in [-0.4, -0.2) is 21.4 Å². The second-order valence-corrected chi connectivity index (χ2v) is 5.62. The number of para-hydroxylation sites is 1. The van der Waals surface area contributed by atoms with E-state index >= 15 is 0 Å².